The number of benzene rings is 1. The van der Waals surface area contributed by atoms with Crippen LogP contribution in [0, 0.1) is 5.92 Å². The van der Waals surface area contributed by atoms with Gasteiger partial charge in [-0.05, 0) is 37.3 Å². The topological polar surface area (TPSA) is 337 Å². The number of rotatable bonds is 21. The zero-order valence-corrected chi connectivity index (χ0v) is 33.0. The summed E-state index contributed by atoms with van der Waals surface area (Å²) in [6.07, 6.45) is 4.58. The lowest BCUT2D eigenvalue weighted by Gasteiger charge is -2.28. The van der Waals surface area contributed by atoms with E-state index in [-0.39, 0.29) is 19.4 Å². The third-order valence-electron chi connectivity index (χ3n) is 10.2. The van der Waals surface area contributed by atoms with Gasteiger partial charge in [0.05, 0.1) is 25.4 Å². The van der Waals surface area contributed by atoms with Crippen molar-refractivity contribution in [2.75, 3.05) is 13.2 Å². The number of nitrogens with two attached hydrogens (primary N) is 2. The first-order chi connectivity index (χ1) is 28.0. The highest BCUT2D eigenvalue weighted by Crippen LogP contribution is 2.21. The van der Waals surface area contributed by atoms with Crippen molar-refractivity contribution in [3.05, 3.63) is 54.2 Å². The second-order valence-electron chi connectivity index (χ2n) is 14.6. The third-order valence-corrected chi connectivity index (χ3v) is 10.2. The van der Waals surface area contributed by atoms with Gasteiger partial charge in [0.25, 0.3) is 0 Å². The number of likely N-dealkylation sites (tertiary alicyclic amines) is 1. The minimum Gasteiger partial charge on any atom is -0.480 e. The molecule has 1 saturated heterocycles. The Morgan fingerprint density at radius 2 is 1.51 bits per heavy atom. The Bertz CT molecular complexity index is 1980. The molecule has 0 saturated carbocycles. The molecule has 0 unspecified atom stereocenters. The minimum absolute atomic E-state index is 0.0956. The monoisotopic (exact) mass is 823 g/mol. The summed E-state index contributed by atoms with van der Waals surface area (Å²) in [5.41, 5.74) is 13.0. The first-order valence-corrected chi connectivity index (χ1v) is 19.3. The van der Waals surface area contributed by atoms with E-state index in [1.807, 2.05) is 12.1 Å². The summed E-state index contributed by atoms with van der Waals surface area (Å²) in [5.74, 6) is -7.83. The molecule has 3 aromatic rings. The normalized spacial score (nSPS) is 17.4. The summed E-state index contributed by atoms with van der Waals surface area (Å²) in [6, 6.07) is -2.10. The molecule has 0 aliphatic carbocycles. The molecule has 1 aromatic carbocycles. The lowest BCUT2D eigenvalue weighted by atomic mass is 9.98. The van der Waals surface area contributed by atoms with Crippen LogP contribution in [-0.4, -0.2) is 133 Å². The summed E-state index contributed by atoms with van der Waals surface area (Å²) in [7, 11) is 0. The molecule has 7 amide bonds. The van der Waals surface area contributed by atoms with Crippen LogP contribution in [-0.2, 0) is 51.2 Å². The quantitative estimate of drug-likeness (QED) is 0.0529. The summed E-state index contributed by atoms with van der Waals surface area (Å²) >= 11 is 0. The van der Waals surface area contributed by atoms with Crippen LogP contribution >= 0.6 is 0 Å². The molecule has 4 rings (SSSR count). The van der Waals surface area contributed by atoms with Crippen LogP contribution in [0.1, 0.15) is 57.7 Å². The van der Waals surface area contributed by atoms with Gasteiger partial charge in [-0.3, -0.25) is 33.6 Å². The predicted molar refractivity (Wildman–Crippen MR) is 210 cm³/mol. The van der Waals surface area contributed by atoms with Crippen molar-refractivity contribution in [1.29, 1.82) is 0 Å². The van der Waals surface area contributed by atoms with Crippen molar-refractivity contribution in [3.8, 4) is 0 Å². The molecule has 0 bridgehead atoms. The van der Waals surface area contributed by atoms with Crippen LogP contribution in [0.2, 0.25) is 0 Å². The average molecular weight is 824 g/mol. The van der Waals surface area contributed by atoms with Crippen LogP contribution in [0.5, 0.6) is 0 Å². The average Bonchev–Trinajstić information content (AvgIpc) is 3.99. The van der Waals surface area contributed by atoms with E-state index in [9.17, 15) is 48.6 Å². The fourth-order valence-electron chi connectivity index (χ4n) is 6.75. The van der Waals surface area contributed by atoms with Crippen molar-refractivity contribution in [2.45, 2.75) is 102 Å². The Balaban J connectivity index is 1.54. The number of hydrogen-bond acceptors (Lipinski definition) is 11. The van der Waals surface area contributed by atoms with Crippen LogP contribution < -0.4 is 38.1 Å². The number of aliphatic hydroxyl groups is 1. The standard InChI is InChI=1S/C38H53N11O10/c1-4-19(2)31(38(58)59)48-34(54)26(13-22-16-41-18-43-22)44-35(55)28(17-50)47-33(53)27(14-30(40)51)45-32(52)25(12-21-15-42-24-9-6-5-8-23(21)24)46-36(56)29-10-7-11-49(29)37(57)20(3)39/h5-6,8-9,15-16,18-20,25-29,31,42,50H,4,7,10-14,17,39H2,1-3H3,(H2,40,51)(H,41,43)(H,44,55)(H,45,52)(H,46,56)(H,47,53)(H,48,54)(H,58,59)/t19-,20-,25-,26-,27-,28-,29-,31-/m0/s1. The van der Waals surface area contributed by atoms with Crippen molar-refractivity contribution >= 4 is 58.2 Å². The van der Waals surface area contributed by atoms with E-state index in [4.69, 9.17) is 11.5 Å². The first kappa shape index (κ1) is 45.4. The summed E-state index contributed by atoms with van der Waals surface area (Å²) in [6.45, 7) is 4.16. The van der Waals surface area contributed by atoms with Gasteiger partial charge in [-0.15, -0.1) is 0 Å². The van der Waals surface area contributed by atoms with Crippen molar-refractivity contribution in [3.63, 3.8) is 0 Å². The fourth-order valence-corrected chi connectivity index (χ4v) is 6.75. The maximum atomic E-state index is 14.1. The number of H-pyrrole nitrogens is 2. The number of primary amides is 1. The van der Waals surface area contributed by atoms with Gasteiger partial charge in [0.1, 0.15) is 36.3 Å². The highest BCUT2D eigenvalue weighted by molar-refractivity contribution is 5.99. The largest absolute Gasteiger partial charge is 0.480 e. The van der Waals surface area contributed by atoms with Crippen LogP contribution in [0.15, 0.2) is 43.0 Å². The van der Waals surface area contributed by atoms with E-state index in [0.717, 1.165) is 10.9 Å². The SMILES string of the molecule is CC[C@H](C)[C@H](NC(=O)[C@H](Cc1cnc[nH]1)NC(=O)[C@H](CO)NC(=O)[C@H](CC(N)=O)NC(=O)[C@H](Cc1c[nH]c2ccccc12)NC(=O)[C@@H]1CCCN1C(=O)[C@H](C)N)C(=O)O. The third kappa shape index (κ3) is 12.1. The van der Waals surface area contributed by atoms with Gasteiger partial charge in [-0.2, -0.15) is 0 Å². The van der Waals surface area contributed by atoms with Crippen LogP contribution in [0.25, 0.3) is 10.9 Å². The molecular weight excluding hydrogens is 770 g/mol. The number of aliphatic hydroxyl groups excluding tert-OH is 1. The highest BCUT2D eigenvalue weighted by atomic mass is 16.4. The number of para-hydroxylation sites is 1. The number of aromatic amines is 2. The summed E-state index contributed by atoms with van der Waals surface area (Å²) < 4.78 is 0. The maximum Gasteiger partial charge on any atom is 0.326 e. The predicted octanol–water partition coefficient (Wildman–Crippen LogP) is -2.56. The number of carbonyl (C=O) groups is 8. The Morgan fingerprint density at radius 1 is 0.881 bits per heavy atom. The molecule has 59 heavy (non-hydrogen) atoms. The number of nitrogens with one attached hydrogen (secondary N) is 7. The van der Waals surface area contributed by atoms with E-state index >= 15 is 0 Å². The first-order valence-electron chi connectivity index (χ1n) is 19.3. The lowest BCUT2D eigenvalue weighted by molar-refractivity contribution is -0.144. The van der Waals surface area contributed by atoms with Crippen molar-refractivity contribution < 1.29 is 48.6 Å². The molecular formula is C38H53N11O10. The van der Waals surface area contributed by atoms with E-state index in [1.165, 1.54) is 24.3 Å². The maximum absolute atomic E-state index is 14.1. The minimum atomic E-state index is -1.74. The van der Waals surface area contributed by atoms with E-state index in [2.05, 4.69) is 41.5 Å². The van der Waals surface area contributed by atoms with Crippen molar-refractivity contribution in [2.24, 2.45) is 17.4 Å². The van der Waals surface area contributed by atoms with E-state index < -0.39 is 109 Å². The summed E-state index contributed by atoms with van der Waals surface area (Å²) in [5, 5.41) is 32.9. The van der Waals surface area contributed by atoms with Gasteiger partial charge >= 0.3 is 5.97 Å². The molecule has 13 N–H and O–H groups in total. The van der Waals surface area contributed by atoms with Gasteiger partial charge in [-0.25, -0.2) is 9.78 Å². The smallest absolute Gasteiger partial charge is 0.326 e. The molecule has 1 aliphatic heterocycles. The Kier molecular flexibility index (Phi) is 16.1. The molecule has 1 fully saturated rings. The Morgan fingerprint density at radius 3 is 2.14 bits per heavy atom. The number of imidazole rings is 1. The number of carboxylic acids is 1. The number of amides is 7. The number of hydrogen-bond donors (Lipinski definition) is 11. The van der Waals surface area contributed by atoms with Gasteiger partial charge in [0.2, 0.25) is 41.4 Å². The highest BCUT2D eigenvalue weighted by Gasteiger charge is 2.38. The number of aromatic nitrogens is 3. The number of carbonyl (C=O) groups excluding carboxylic acids is 7. The molecule has 21 nitrogen and oxygen atoms in total. The van der Waals surface area contributed by atoms with Gasteiger partial charge in [-0.1, -0.05) is 38.5 Å². The van der Waals surface area contributed by atoms with Crippen LogP contribution in [0.4, 0.5) is 0 Å². The summed E-state index contributed by atoms with van der Waals surface area (Å²) in [4.78, 5) is 116. The second-order valence-corrected chi connectivity index (χ2v) is 14.6. The Hall–Kier alpha value is -6.35. The molecule has 2 aromatic heterocycles. The second kappa shape index (κ2) is 20.9. The Labute approximate surface area is 339 Å². The molecule has 3 heterocycles. The zero-order chi connectivity index (χ0) is 43.4. The zero-order valence-electron chi connectivity index (χ0n) is 33.0. The lowest BCUT2D eigenvalue weighted by Crippen LogP contribution is -2.61. The van der Waals surface area contributed by atoms with E-state index in [1.54, 1.807) is 32.2 Å². The number of nitrogens with zero attached hydrogens (tertiary/aromatic N) is 2. The number of fused-ring (bicyclic) bond motifs is 1. The van der Waals surface area contributed by atoms with Gasteiger partial charge < -0.3 is 63.1 Å². The van der Waals surface area contributed by atoms with Crippen LogP contribution in [0.3, 0.4) is 0 Å². The molecule has 320 valence electrons. The fraction of sp³-hybridized carbons (Fsp3) is 0.500. The molecule has 21 heteroatoms. The number of carboxylic acid groups (broad SMARTS) is 1. The van der Waals surface area contributed by atoms with Gasteiger partial charge in [0, 0.05) is 48.4 Å². The number of aliphatic carboxylic acids is 1. The van der Waals surface area contributed by atoms with Crippen molar-refractivity contribution in [1.82, 2.24) is 46.4 Å². The van der Waals surface area contributed by atoms with E-state index in [0.29, 0.717) is 30.5 Å². The molecule has 0 spiro atoms. The molecule has 8 atom stereocenters. The van der Waals surface area contributed by atoms with Gasteiger partial charge in [0.15, 0.2) is 0 Å². The molecule has 1 aliphatic rings. The molecule has 0 radical (unpaired) electrons.